The summed E-state index contributed by atoms with van der Waals surface area (Å²) in [6.07, 6.45) is 0. The molecular formula is C14H12BrCl2N. The molecule has 0 saturated carbocycles. The van der Waals surface area contributed by atoms with E-state index in [1.54, 1.807) is 0 Å². The third kappa shape index (κ3) is 3.07. The molecule has 0 aromatic heterocycles. The molecule has 1 atom stereocenters. The van der Waals surface area contributed by atoms with E-state index in [0.717, 1.165) is 20.6 Å². The van der Waals surface area contributed by atoms with Crippen molar-refractivity contribution in [2.75, 3.05) is 7.05 Å². The number of benzene rings is 2. The number of hydrogen-bond donors (Lipinski definition) is 1. The third-order valence-corrected chi connectivity index (χ3v) is 4.22. The summed E-state index contributed by atoms with van der Waals surface area (Å²) in [6, 6.07) is 13.8. The second-order valence-electron chi connectivity index (χ2n) is 3.95. The smallest absolute Gasteiger partial charge is 0.0575 e. The van der Waals surface area contributed by atoms with Gasteiger partial charge in [0.15, 0.2) is 0 Å². The molecule has 0 spiro atoms. The average Bonchev–Trinajstić information content (AvgIpc) is 2.35. The van der Waals surface area contributed by atoms with Gasteiger partial charge >= 0.3 is 0 Å². The zero-order valence-corrected chi connectivity index (χ0v) is 12.9. The fourth-order valence-electron chi connectivity index (χ4n) is 1.90. The Hall–Kier alpha value is -0.540. The van der Waals surface area contributed by atoms with E-state index in [0.29, 0.717) is 5.02 Å². The molecule has 4 heteroatoms. The summed E-state index contributed by atoms with van der Waals surface area (Å²) in [4.78, 5) is 0. The standard InChI is InChI=1S/C14H12BrCl2N/c1-18-14(9-3-2-4-11(16)7-9)10-5-6-12(15)13(17)8-10/h2-8,14,18H,1H3. The lowest BCUT2D eigenvalue weighted by atomic mass is 9.99. The summed E-state index contributed by atoms with van der Waals surface area (Å²) in [7, 11) is 1.92. The van der Waals surface area contributed by atoms with Crippen LogP contribution in [0.15, 0.2) is 46.9 Å². The SMILES string of the molecule is CNC(c1cccc(Cl)c1)c1ccc(Br)c(Cl)c1. The van der Waals surface area contributed by atoms with Crippen LogP contribution in [0.4, 0.5) is 0 Å². The lowest BCUT2D eigenvalue weighted by Gasteiger charge is -2.18. The van der Waals surface area contributed by atoms with Gasteiger partial charge in [0.05, 0.1) is 11.1 Å². The van der Waals surface area contributed by atoms with E-state index in [2.05, 4.69) is 21.2 Å². The third-order valence-electron chi connectivity index (χ3n) is 2.75. The first-order valence-electron chi connectivity index (χ1n) is 5.49. The van der Waals surface area contributed by atoms with Gasteiger partial charge in [-0.05, 0) is 58.4 Å². The average molecular weight is 345 g/mol. The van der Waals surface area contributed by atoms with Gasteiger partial charge in [-0.2, -0.15) is 0 Å². The summed E-state index contributed by atoms with van der Waals surface area (Å²) >= 11 is 15.6. The molecule has 0 radical (unpaired) electrons. The zero-order chi connectivity index (χ0) is 13.1. The molecule has 2 rings (SSSR count). The number of nitrogens with one attached hydrogen (secondary N) is 1. The molecule has 0 aliphatic heterocycles. The molecule has 0 aliphatic rings. The van der Waals surface area contributed by atoms with Crippen molar-refractivity contribution in [1.82, 2.24) is 5.32 Å². The van der Waals surface area contributed by atoms with Crippen LogP contribution in [0, 0.1) is 0 Å². The van der Waals surface area contributed by atoms with Crippen LogP contribution < -0.4 is 5.32 Å². The second kappa shape index (κ2) is 6.07. The topological polar surface area (TPSA) is 12.0 Å². The Labute approximate surface area is 125 Å². The fraction of sp³-hybridized carbons (Fsp3) is 0.143. The molecule has 0 bridgehead atoms. The molecule has 2 aromatic rings. The van der Waals surface area contributed by atoms with Gasteiger partial charge in [-0.25, -0.2) is 0 Å². The first-order valence-corrected chi connectivity index (χ1v) is 7.04. The van der Waals surface area contributed by atoms with Crippen molar-refractivity contribution < 1.29 is 0 Å². The highest BCUT2D eigenvalue weighted by Gasteiger charge is 2.13. The Morgan fingerprint density at radius 1 is 1.06 bits per heavy atom. The van der Waals surface area contributed by atoms with Crippen molar-refractivity contribution in [1.29, 1.82) is 0 Å². The Morgan fingerprint density at radius 3 is 2.39 bits per heavy atom. The van der Waals surface area contributed by atoms with Gasteiger partial charge in [0.2, 0.25) is 0 Å². The van der Waals surface area contributed by atoms with Crippen LogP contribution in [0.5, 0.6) is 0 Å². The van der Waals surface area contributed by atoms with E-state index < -0.39 is 0 Å². The molecule has 2 aromatic carbocycles. The number of hydrogen-bond acceptors (Lipinski definition) is 1. The van der Waals surface area contributed by atoms with Crippen molar-refractivity contribution in [3.8, 4) is 0 Å². The zero-order valence-electron chi connectivity index (χ0n) is 9.75. The maximum Gasteiger partial charge on any atom is 0.0575 e. The summed E-state index contributed by atoms with van der Waals surface area (Å²) in [6.45, 7) is 0. The fourth-order valence-corrected chi connectivity index (χ4v) is 2.54. The molecule has 0 saturated heterocycles. The van der Waals surface area contributed by atoms with Crippen LogP contribution in [0.3, 0.4) is 0 Å². The summed E-state index contributed by atoms with van der Waals surface area (Å²) < 4.78 is 0.897. The highest BCUT2D eigenvalue weighted by atomic mass is 79.9. The largest absolute Gasteiger partial charge is 0.309 e. The molecule has 1 N–H and O–H groups in total. The van der Waals surface area contributed by atoms with Crippen molar-refractivity contribution >= 4 is 39.1 Å². The molecule has 1 unspecified atom stereocenters. The molecule has 0 amide bonds. The Bertz CT molecular complexity index is 557. The summed E-state index contributed by atoms with van der Waals surface area (Å²) in [5, 5.41) is 4.71. The van der Waals surface area contributed by atoms with Gasteiger partial charge in [-0.1, -0.05) is 41.4 Å². The van der Waals surface area contributed by atoms with E-state index >= 15 is 0 Å². The van der Waals surface area contributed by atoms with Crippen molar-refractivity contribution in [2.45, 2.75) is 6.04 Å². The quantitative estimate of drug-likeness (QED) is 0.820. The highest BCUT2D eigenvalue weighted by Crippen LogP contribution is 2.29. The minimum atomic E-state index is 0.0781. The van der Waals surface area contributed by atoms with Crippen molar-refractivity contribution in [3.05, 3.63) is 68.1 Å². The van der Waals surface area contributed by atoms with Gasteiger partial charge in [0.25, 0.3) is 0 Å². The van der Waals surface area contributed by atoms with Gasteiger partial charge in [-0.3, -0.25) is 0 Å². The molecule has 0 fully saturated rings. The second-order valence-corrected chi connectivity index (χ2v) is 5.65. The maximum atomic E-state index is 6.13. The van der Waals surface area contributed by atoms with Crippen LogP contribution in [-0.4, -0.2) is 7.05 Å². The lowest BCUT2D eigenvalue weighted by molar-refractivity contribution is 0.692. The summed E-state index contributed by atoms with van der Waals surface area (Å²) in [5.41, 5.74) is 2.22. The minimum absolute atomic E-state index is 0.0781. The summed E-state index contributed by atoms with van der Waals surface area (Å²) in [5.74, 6) is 0. The predicted molar refractivity (Wildman–Crippen MR) is 81.5 cm³/mol. The van der Waals surface area contributed by atoms with Gasteiger partial charge in [-0.15, -0.1) is 0 Å². The molecule has 1 nitrogen and oxygen atoms in total. The van der Waals surface area contributed by atoms with Crippen molar-refractivity contribution in [3.63, 3.8) is 0 Å². The van der Waals surface area contributed by atoms with E-state index in [-0.39, 0.29) is 6.04 Å². The van der Waals surface area contributed by atoms with Crippen LogP contribution in [-0.2, 0) is 0 Å². The molecule has 94 valence electrons. The van der Waals surface area contributed by atoms with E-state index in [1.807, 2.05) is 49.5 Å². The van der Waals surface area contributed by atoms with Crippen LogP contribution >= 0.6 is 39.1 Å². The molecular weight excluding hydrogens is 333 g/mol. The Kier molecular flexibility index (Phi) is 4.68. The minimum Gasteiger partial charge on any atom is -0.309 e. The van der Waals surface area contributed by atoms with Gasteiger partial charge < -0.3 is 5.32 Å². The first kappa shape index (κ1) is 13.9. The van der Waals surface area contributed by atoms with Crippen LogP contribution in [0.1, 0.15) is 17.2 Å². The Balaban J connectivity index is 2.42. The predicted octanol–water partition coefficient (Wildman–Crippen LogP) is 5.06. The number of rotatable bonds is 3. The van der Waals surface area contributed by atoms with Crippen molar-refractivity contribution in [2.24, 2.45) is 0 Å². The molecule has 0 heterocycles. The maximum absolute atomic E-state index is 6.13. The highest BCUT2D eigenvalue weighted by molar-refractivity contribution is 9.10. The van der Waals surface area contributed by atoms with E-state index in [4.69, 9.17) is 23.2 Å². The van der Waals surface area contributed by atoms with Crippen LogP contribution in [0.25, 0.3) is 0 Å². The van der Waals surface area contributed by atoms with Gasteiger partial charge in [0, 0.05) is 9.50 Å². The van der Waals surface area contributed by atoms with Crippen LogP contribution in [0.2, 0.25) is 10.0 Å². The lowest BCUT2D eigenvalue weighted by Crippen LogP contribution is -2.17. The monoisotopic (exact) mass is 343 g/mol. The molecule has 0 aliphatic carbocycles. The number of halogens is 3. The normalized spacial score (nSPS) is 12.4. The Morgan fingerprint density at radius 2 is 1.78 bits per heavy atom. The van der Waals surface area contributed by atoms with Gasteiger partial charge in [0.1, 0.15) is 0 Å². The molecule has 18 heavy (non-hydrogen) atoms. The first-order chi connectivity index (χ1) is 8.61. The van der Waals surface area contributed by atoms with E-state index in [1.165, 1.54) is 0 Å². The van der Waals surface area contributed by atoms with E-state index in [9.17, 15) is 0 Å².